The zero-order valence-corrected chi connectivity index (χ0v) is 10.4. The minimum absolute atomic E-state index is 0.0524. The summed E-state index contributed by atoms with van der Waals surface area (Å²) in [5, 5.41) is 0. The van der Waals surface area contributed by atoms with Crippen LogP contribution in [0.1, 0.15) is 39.5 Å². The summed E-state index contributed by atoms with van der Waals surface area (Å²) >= 11 is 0. The van der Waals surface area contributed by atoms with E-state index in [0.717, 1.165) is 19.3 Å². The van der Waals surface area contributed by atoms with Gasteiger partial charge in [-0.2, -0.15) is 0 Å². The molecule has 4 heteroatoms. The Morgan fingerprint density at radius 1 is 1.38 bits per heavy atom. The fraction of sp³-hybridized carbons (Fsp3) is 0.833. The molecule has 0 saturated heterocycles. The van der Waals surface area contributed by atoms with Gasteiger partial charge in [-0.15, -0.1) is 0 Å². The Hall–Kier alpha value is -1.06. The fourth-order valence-electron chi connectivity index (χ4n) is 2.01. The Morgan fingerprint density at radius 2 is 2.06 bits per heavy atom. The Labute approximate surface area is 96.9 Å². The summed E-state index contributed by atoms with van der Waals surface area (Å²) in [4.78, 5) is 23.8. The van der Waals surface area contributed by atoms with E-state index in [0.29, 0.717) is 5.92 Å². The van der Waals surface area contributed by atoms with E-state index in [1.165, 1.54) is 18.2 Å². The first-order valence-corrected chi connectivity index (χ1v) is 5.90. The Balaban J connectivity index is 2.30. The number of ether oxygens (including phenoxy) is 1. The van der Waals surface area contributed by atoms with Crippen LogP contribution in [0.15, 0.2) is 0 Å². The van der Waals surface area contributed by atoms with E-state index in [1.807, 2.05) is 0 Å². The first kappa shape index (κ1) is 13.0. The maximum Gasteiger partial charge on any atom is 0.325 e. The number of carbonyl (C=O) groups excluding carboxylic acids is 2. The molecule has 0 spiro atoms. The van der Waals surface area contributed by atoms with Gasteiger partial charge in [-0.1, -0.05) is 13.3 Å². The minimum atomic E-state index is -0.295. The van der Waals surface area contributed by atoms with Crippen LogP contribution in [0, 0.1) is 5.92 Å². The van der Waals surface area contributed by atoms with Gasteiger partial charge in [0.25, 0.3) is 0 Å². The zero-order valence-electron chi connectivity index (χ0n) is 10.4. The van der Waals surface area contributed by atoms with Crippen molar-refractivity contribution in [2.75, 3.05) is 13.6 Å². The average Bonchev–Trinajstić information content (AvgIpc) is 2.16. The van der Waals surface area contributed by atoms with Crippen LogP contribution in [0.4, 0.5) is 0 Å². The molecule has 1 aliphatic rings. The lowest BCUT2D eigenvalue weighted by Crippen LogP contribution is -2.34. The standard InChI is InChI=1S/C12H21NO3/c1-9-5-4-6-11(7-9)16-12(15)8-13(3)10(2)14/h9,11H,4-8H2,1-3H3/t9-,11-/m0/s1. The number of nitrogens with zero attached hydrogens (tertiary/aromatic N) is 1. The molecule has 0 aliphatic heterocycles. The second-order valence-electron chi connectivity index (χ2n) is 4.76. The fourth-order valence-corrected chi connectivity index (χ4v) is 2.01. The van der Waals surface area contributed by atoms with E-state index in [9.17, 15) is 9.59 Å². The van der Waals surface area contributed by atoms with Crippen molar-refractivity contribution >= 4 is 11.9 Å². The van der Waals surface area contributed by atoms with Gasteiger partial charge in [0.2, 0.25) is 5.91 Å². The summed E-state index contributed by atoms with van der Waals surface area (Å²) in [6, 6.07) is 0. The van der Waals surface area contributed by atoms with Crippen LogP contribution >= 0.6 is 0 Å². The van der Waals surface area contributed by atoms with Crippen molar-refractivity contribution in [1.29, 1.82) is 0 Å². The first-order chi connectivity index (χ1) is 7.49. The van der Waals surface area contributed by atoms with Crippen molar-refractivity contribution in [3.05, 3.63) is 0 Å². The Kier molecular flexibility index (Phi) is 4.77. The number of hydrogen-bond acceptors (Lipinski definition) is 3. The third kappa shape index (κ3) is 4.21. The van der Waals surface area contributed by atoms with Gasteiger partial charge < -0.3 is 9.64 Å². The molecule has 92 valence electrons. The van der Waals surface area contributed by atoms with Crippen LogP contribution < -0.4 is 0 Å². The van der Waals surface area contributed by atoms with Crippen LogP contribution in [-0.4, -0.2) is 36.5 Å². The number of rotatable bonds is 3. The van der Waals surface area contributed by atoms with Gasteiger partial charge in [-0.05, 0) is 25.2 Å². The van der Waals surface area contributed by atoms with Crippen molar-refractivity contribution in [2.45, 2.75) is 45.6 Å². The molecular weight excluding hydrogens is 206 g/mol. The lowest BCUT2D eigenvalue weighted by atomic mass is 9.89. The van der Waals surface area contributed by atoms with Crippen molar-refractivity contribution in [2.24, 2.45) is 5.92 Å². The molecule has 2 atom stereocenters. The molecule has 0 heterocycles. The Bertz CT molecular complexity index is 265. The van der Waals surface area contributed by atoms with E-state index in [-0.39, 0.29) is 24.5 Å². The number of esters is 1. The molecule has 0 aromatic carbocycles. The lowest BCUT2D eigenvalue weighted by molar-refractivity contribution is -0.154. The summed E-state index contributed by atoms with van der Waals surface area (Å²) in [6.07, 6.45) is 4.31. The minimum Gasteiger partial charge on any atom is -0.461 e. The highest BCUT2D eigenvalue weighted by Gasteiger charge is 2.22. The summed E-state index contributed by atoms with van der Waals surface area (Å²) in [7, 11) is 1.60. The molecule has 16 heavy (non-hydrogen) atoms. The van der Waals surface area contributed by atoms with E-state index >= 15 is 0 Å². The molecule has 1 saturated carbocycles. The topological polar surface area (TPSA) is 46.6 Å². The van der Waals surface area contributed by atoms with Crippen molar-refractivity contribution in [3.63, 3.8) is 0 Å². The monoisotopic (exact) mass is 227 g/mol. The quantitative estimate of drug-likeness (QED) is 0.688. The zero-order chi connectivity index (χ0) is 12.1. The molecule has 1 aliphatic carbocycles. The first-order valence-electron chi connectivity index (χ1n) is 5.90. The normalized spacial score (nSPS) is 24.9. The largest absolute Gasteiger partial charge is 0.461 e. The molecule has 0 aromatic heterocycles. The van der Waals surface area contributed by atoms with Gasteiger partial charge in [0.1, 0.15) is 12.6 Å². The third-order valence-corrected chi connectivity index (χ3v) is 3.09. The van der Waals surface area contributed by atoms with Crippen LogP contribution in [0.5, 0.6) is 0 Å². The molecule has 0 N–H and O–H groups in total. The highest BCUT2D eigenvalue weighted by Crippen LogP contribution is 2.25. The van der Waals surface area contributed by atoms with E-state index < -0.39 is 0 Å². The number of hydrogen-bond donors (Lipinski definition) is 0. The predicted molar refractivity (Wildman–Crippen MR) is 60.8 cm³/mol. The second kappa shape index (κ2) is 5.87. The summed E-state index contributed by atoms with van der Waals surface area (Å²) < 4.78 is 5.35. The van der Waals surface area contributed by atoms with E-state index in [4.69, 9.17) is 4.74 Å². The summed E-state index contributed by atoms with van der Waals surface area (Å²) in [5.41, 5.74) is 0. The van der Waals surface area contributed by atoms with Gasteiger partial charge in [-0.3, -0.25) is 9.59 Å². The molecule has 0 unspecified atom stereocenters. The maximum atomic E-state index is 11.5. The molecule has 1 fully saturated rings. The lowest BCUT2D eigenvalue weighted by Gasteiger charge is -2.27. The molecule has 0 bridgehead atoms. The number of likely N-dealkylation sites (N-methyl/N-ethyl adjacent to an activating group) is 1. The molecular formula is C12H21NO3. The van der Waals surface area contributed by atoms with Gasteiger partial charge in [0.15, 0.2) is 0 Å². The van der Waals surface area contributed by atoms with Crippen LogP contribution in [0.3, 0.4) is 0 Å². The van der Waals surface area contributed by atoms with Crippen LogP contribution in [-0.2, 0) is 14.3 Å². The average molecular weight is 227 g/mol. The third-order valence-electron chi connectivity index (χ3n) is 3.09. The Morgan fingerprint density at radius 3 is 2.62 bits per heavy atom. The van der Waals surface area contributed by atoms with Crippen LogP contribution in [0.25, 0.3) is 0 Å². The van der Waals surface area contributed by atoms with Crippen molar-refractivity contribution < 1.29 is 14.3 Å². The summed E-state index contributed by atoms with van der Waals surface area (Å²) in [6.45, 7) is 3.68. The molecule has 1 rings (SSSR count). The smallest absolute Gasteiger partial charge is 0.325 e. The van der Waals surface area contributed by atoms with Crippen LogP contribution in [0.2, 0.25) is 0 Å². The van der Waals surface area contributed by atoms with Gasteiger partial charge in [0, 0.05) is 14.0 Å². The molecule has 0 aromatic rings. The highest BCUT2D eigenvalue weighted by molar-refractivity contribution is 5.80. The van der Waals surface area contributed by atoms with Gasteiger partial charge in [0.05, 0.1) is 0 Å². The molecule has 4 nitrogen and oxygen atoms in total. The van der Waals surface area contributed by atoms with Crippen molar-refractivity contribution in [3.8, 4) is 0 Å². The van der Waals surface area contributed by atoms with E-state index in [2.05, 4.69) is 6.92 Å². The molecule has 1 amide bonds. The van der Waals surface area contributed by atoms with Gasteiger partial charge in [-0.25, -0.2) is 0 Å². The summed E-state index contributed by atoms with van der Waals surface area (Å²) in [5.74, 6) is 0.225. The number of carbonyl (C=O) groups is 2. The molecule has 0 radical (unpaired) electrons. The SMILES string of the molecule is CC(=O)N(C)CC(=O)O[C@H]1CCC[C@H](C)C1. The number of amides is 1. The maximum absolute atomic E-state index is 11.5. The van der Waals surface area contributed by atoms with E-state index in [1.54, 1.807) is 7.05 Å². The highest BCUT2D eigenvalue weighted by atomic mass is 16.5. The second-order valence-corrected chi connectivity index (χ2v) is 4.76. The van der Waals surface area contributed by atoms with Gasteiger partial charge >= 0.3 is 5.97 Å². The predicted octanol–water partition coefficient (Wildman–Crippen LogP) is 1.59. The van der Waals surface area contributed by atoms with Crippen molar-refractivity contribution in [1.82, 2.24) is 4.90 Å².